The Morgan fingerprint density at radius 3 is 2.35 bits per heavy atom. The molecule has 6 nitrogen and oxygen atoms in total. The molecule has 0 saturated heterocycles. The summed E-state index contributed by atoms with van der Waals surface area (Å²) in [6, 6.07) is 0. The molecule has 0 bridgehead atoms. The van der Waals surface area contributed by atoms with Crippen LogP contribution in [-0.4, -0.2) is 32.8 Å². The van der Waals surface area contributed by atoms with Gasteiger partial charge < -0.3 is 10.2 Å². The van der Waals surface area contributed by atoms with Crippen LogP contribution in [-0.2, 0) is 5.60 Å². The second-order valence-electron chi connectivity index (χ2n) is 7.66. The van der Waals surface area contributed by atoms with E-state index in [1.54, 1.807) is 13.8 Å². The Balaban J connectivity index is 1.67. The lowest BCUT2D eigenvalue weighted by Gasteiger charge is -2.31. The van der Waals surface area contributed by atoms with E-state index in [0.717, 1.165) is 12.8 Å². The number of carbonyl (C=O) groups is 1. The molecule has 2 aliphatic rings. The van der Waals surface area contributed by atoms with Crippen molar-refractivity contribution in [1.29, 1.82) is 0 Å². The van der Waals surface area contributed by atoms with E-state index >= 15 is 0 Å². The molecule has 2 aliphatic carbocycles. The fourth-order valence-corrected chi connectivity index (χ4v) is 3.45. The first-order valence-corrected chi connectivity index (χ1v) is 8.34. The molecule has 6 heteroatoms. The SMILES string of the molecule is CC(C)(O)c1cnc(N(CC2CCC3(CC2)CC3)C(=O)O)cn1. The van der Waals surface area contributed by atoms with Gasteiger partial charge in [-0.25, -0.2) is 9.78 Å². The number of hydrogen-bond donors (Lipinski definition) is 2. The molecule has 0 atom stereocenters. The van der Waals surface area contributed by atoms with Gasteiger partial charge in [-0.3, -0.25) is 9.88 Å². The zero-order chi connectivity index (χ0) is 16.7. The molecule has 1 amide bonds. The summed E-state index contributed by atoms with van der Waals surface area (Å²) in [4.78, 5) is 21.3. The van der Waals surface area contributed by atoms with Crippen LogP contribution < -0.4 is 4.90 Å². The van der Waals surface area contributed by atoms with Gasteiger partial charge in [0.05, 0.1) is 18.1 Å². The molecule has 1 aromatic heterocycles. The standard InChI is InChI=1S/C17H25N3O3/c1-16(2,23)13-9-19-14(10-18-13)20(15(21)22)11-12-3-5-17(6-4-12)7-8-17/h9-10,12,23H,3-8,11H2,1-2H3,(H,21,22). The average Bonchev–Trinajstić information content (AvgIpc) is 3.25. The number of carboxylic acid groups (broad SMARTS) is 1. The van der Waals surface area contributed by atoms with Gasteiger partial charge in [-0.15, -0.1) is 0 Å². The van der Waals surface area contributed by atoms with Crippen LogP contribution in [0, 0.1) is 11.3 Å². The molecule has 23 heavy (non-hydrogen) atoms. The summed E-state index contributed by atoms with van der Waals surface area (Å²) < 4.78 is 0. The van der Waals surface area contributed by atoms with E-state index in [2.05, 4.69) is 9.97 Å². The van der Waals surface area contributed by atoms with Crippen molar-refractivity contribution in [2.75, 3.05) is 11.4 Å². The van der Waals surface area contributed by atoms with E-state index in [9.17, 15) is 15.0 Å². The minimum Gasteiger partial charge on any atom is -0.465 e. The zero-order valence-electron chi connectivity index (χ0n) is 13.8. The van der Waals surface area contributed by atoms with E-state index in [0.29, 0.717) is 29.4 Å². The van der Waals surface area contributed by atoms with Crippen molar-refractivity contribution in [1.82, 2.24) is 9.97 Å². The van der Waals surface area contributed by atoms with Gasteiger partial charge in [0, 0.05) is 6.54 Å². The van der Waals surface area contributed by atoms with Crippen molar-refractivity contribution in [3.05, 3.63) is 18.1 Å². The topological polar surface area (TPSA) is 86.6 Å². The number of nitrogens with zero attached hydrogens (tertiary/aromatic N) is 3. The van der Waals surface area contributed by atoms with Gasteiger partial charge in [0.1, 0.15) is 5.60 Å². The Labute approximate surface area is 136 Å². The van der Waals surface area contributed by atoms with Gasteiger partial charge >= 0.3 is 6.09 Å². The molecule has 0 unspecified atom stereocenters. The van der Waals surface area contributed by atoms with Gasteiger partial charge in [-0.1, -0.05) is 0 Å². The number of hydrogen-bond acceptors (Lipinski definition) is 4. The van der Waals surface area contributed by atoms with Crippen molar-refractivity contribution in [2.24, 2.45) is 11.3 Å². The lowest BCUT2D eigenvalue weighted by atomic mass is 9.79. The van der Waals surface area contributed by atoms with Gasteiger partial charge in [0.25, 0.3) is 0 Å². The molecular weight excluding hydrogens is 294 g/mol. The minimum atomic E-state index is -1.08. The van der Waals surface area contributed by atoms with E-state index in [1.807, 2.05) is 0 Å². The second-order valence-corrected chi connectivity index (χ2v) is 7.66. The molecule has 0 radical (unpaired) electrons. The lowest BCUT2D eigenvalue weighted by molar-refractivity contribution is 0.0734. The summed E-state index contributed by atoms with van der Waals surface area (Å²) in [5.74, 6) is 0.727. The van der Waals surface area contributed by atoms with E-state index in [4.69, 9.17) is 0 Å². The van der Waals surface area contributed by atoms with Crippen molar-refractivity contribution in [3.63, 3.8) is 0 Å². The highest BCUT2D eigenvalue weighted by molar-refractivity contribution is 5.84. The first-order chi connectivity index (χ1) is 10.8. The molecule has 2 saturated carbocycles. The smallest absolute Gasteiger partial charge is 0.413 e. The number of amides is 1. The molecule has 3 rings (SSSR count). The van der Waals surface area contributed by atoms with Crippen molar-refractivity contribution >= 4 is 11.9 Å². The molecular formula is C17H25N3O3. The Morgan fingerprint density at radius 1 is 1.26 bits per heavy atom. The molecule has 1 aromatic rings. The van der Waals surface area contributed by atoms with Crippen LogP contribution >= 0.6 is 0 Å². The first kappa shape index (κ1) is 16.2. The normalized spacial score (nSPS) is 20.5. The highest BCUT2D eigenvalue weighted by Crippen LogP contribution is 2.57. The molecule has 2 fully saturated rings. The Hall–Kier alpha value is -1.69. The number of aromatic nitrogens is 2. The maximum atomic E-state index is 11.6. The number of anilines is 1. The predicted octanol–water partition coefficient (Wildman–Crippen LogP) is 3.16. The number of aliphatic hydroxyl groups is 1. The van der Waals surface area contributed by atoms with Crippen LogP contribution in [0.1, 0.15) is 58.1 Å². The van der Waals surface area contributed by atoms with Crippen LogP contribution in [0.25, 0.3) is 0 Å². The molecule has 0 aliphatic heterocycles. The van der Waals surface area contributed by atoms with Crippen LogP contribution in [0.4, 0.5) is 10.6 Å². The number of rotatable bonds is 4. The maximum absolute atomic E-state index is 11.6. The van der Waals surface area contributed by atoms with Gasteiger partial charge in [-0.05, 0) is 63.7 Å². The third kappa shape index (κ3) is 3.63. The molecule has 1 spiro atoms. The summed E-state index contributed by atoms with van der Waals surface area (Å²) >= 11 is 0. The van der Waals surface area contributed by atoms with E-state index in [-0.39, 0.29) is 0 Å². The molecule has 2 N–H and O–H groups in total. The van der Waals surface area contributed by atoms with Crippen molar-refractivity contribution in [2.45, 2.75) is 58.0 Å². The van der Waals surface area contributed by atoms with Crippen molar-refractivity contribution < 1.29 is 15.0 Å². The van der Waals surface area contributed by atoms with Gasteiger partial charge in [-0.2, -0.15) is 0 Å². The maximum Gasteiger partial charge on any atom is 0.413 e. The highest BCUT2D eigenvalue weighted by atomic mass is 16.4. The van der Waals surface area contributed by atoms with Gasteiger partial charge in [0.15, 0.2) is 5.82 Å². The third-order valence-corrected chi connectivity index (χ3v) is 5.34. The summed E-state index contributed by atoms with van der Waals surface area (Å²) in [6.45, 7) is 3.73. The van der Waals surface area contributed by atoms with Crippen molar-refractivity contribution in [3.8, 4) is 0 Å². The molecule has 1 heterocycles. The Bertz CT molecular complexity index is 566. The van der Waals surface area contributed by atoms with Crippen LogP contribution in [0.2, 0.25) is 0 Å². The van der Waals surface area contributed by atoms with Crippen LogP contribution in [0.5, 0.6) is 0 Å². The van der Waals surface area contributed by atoms with Crippen LogP contribution in [0.15, 0.2) is 12.4 Å². The van der Waals surface area contributed by atoms with E-state index in [1.165, 1.54) is 43.0 Å². The largest absolute Gasteiger partial charge is 0.465 e. The summed E-state index contributed by atoms with van der Waals surface area (Å²) in [7, 11) is 0. The summed E-state index contributed by atoms with van der Waals surface area (Å²) in [5.41, 5.74) is -0.0415. The summed E-state index contributed by atoms with van der Waals surface area (Å²) in [5, 5.41) is 19.4. The van der Waals surface area contributed by atoms with Gasteiger partial charge in [0.2, 0.25) is 0 Å². The Morgan fingerprint density at radius 2 is 1.91 bits per heavy atom. The molecule has 0 aromatic carbocycles. The fourth-order valence-electron chi connectivity index (χ4n) is 3.45. The third-order valence-electron chi connectivity index (χ3n) is 5.34. The average molecular weight is 319 g/mol. The van der Waals surface area contributed by atoms with Crippen LogP contribution in [0.3, 0.4) is 0 Å². The zero-order valence-corrected chi connectivity index (χ0v) is 13.8. The predicted molar refractivity (Wildman–Crippen MR) is 86.3 cm³/mol. The highest BCUT2D eigenvalue weighted by Gasteiger charge is 2.45. The lowest BCUT2D eigenvalue weighted by Crippen LogP contribution is -2.36. The van der Waals surface area contributed by atoms with E-state index < -0.39 is 11.7 Å². The second kappa shape index (κ2) is 5.74. The fraction of sp³-hybridized carbons (Fsp3) is 0.706. The quantitative estimate of drug-likeness (QED) is 0.890. The summed E-state index contributed by atoms with van der Waals surface area (Å²) in [6.07, 6.45) is 9.25. The Kier molecular flexibility index (Phi) is 4.04. The monoisotopic (exact) mass is 319 g/mol. The molecule has 126 valence electrons. The first-order valence-electron chi connectivity index (χ1n) is 8.34. The minimum absolute atomic E-state index is 0.331.